The predicted molar refractivity (Wildman–Crippen MR) is 124 cm³/mol. The molecule has 0 radical (unpaired) electrons. The molecule has 2 aliphatic rings. The van der Waals surface area contributed by atoms with Crippen LogP contribution in [0.5, 0.6) is 5.75 Å². The summed E-state index contributed by atoms with van der Waals surface area (Å²) >= 11 is 0. The van der Waals surface area contributed by atoms with Crippen molar-refractivity contribution < 1.29 is 22.7 Å². The van der Waals surface area contributed by atoms with E-state index in [-0.39, 0.29) is 17.6 Å². The van der Waals surface area contributed by atoms with Crippen LogP contribution in [-0.4, -0.2) is 56.4 Å². The van der Waals surface area contributed by atoms with Crippen molar-refractivity contribution in [1.29, 1.82) is 0 Å². The third kappa shape index (κ3) is 8.72. The number of carbonyl (C=O) groups is 1. The fourth-order valence-corrected chi connectivity index (χ4v) is 4.74. The van der Waals surface area contributed by atoms with E-state index in [1.807, 2.05) is 0 Å². The van der Waals surface area contributed by atoms with E-state index in [1.165, 1.54) is 51.0 Å². The van der Waals surface area contributed by atoms with E-state index in [0.717, 1.165) is 37.4 Å². The molecule has 5 nitrogen and oxygen atoms in total. The molecule has 0 saturated carbocycles. The molecule has 0 aliphatic carbocycles. The first-order valence-electron chi connectivity index (χ1n) is 12.3. The minimum Gasteiger partial charge on any atom is -0.406 e. The van der Waals surface area contributed by atoms with Gasteiger partial charge in [-0.25, -0.2) is 0 Å². The number of ether oxygens (including phenoxy) is 1. The number of nitrogens with zero attached hydrogens (tertiary/aromatic N) is 2. The second-order valence-corrected chi connectivity index (χ2v) is 9.85. The Bertz CT molecular complexity index is 723. The molecular weight excluding hydrogens is 431 g/mol. The fourth-order valence-electron chi connectivity index (χ4n) is 4.74. The summed E-state index contributed by atoms with van der Waals surface area (Å²) in [5.74, 6) is 1.38. The third-order valence-corrected chi connectivity index (χ3v) is 6.88. The van der Waals surface area contributed by atoms with Crippen LogP contribution in [0.4, 0.5) is 18.9 Å². The van der Waals surface area contributed by atoms with Gasteiger partial charge in [0.2, 0.25) is 5.91 Å². The van der Waals surface area contributed by atoms with Crippen molar-refractivity contribution in [3.63, 3.8) is 0 Å². The molecule has 2 heterocycles. The van der Waals surface area contributed by atoms with E-state index in [1.54, 1.807) is 12.1 Å². The maximum absolute atomic E-state index is 12.6. The summed E-state index contributed by atoms with van der Waals surface area (Å²) in [7, 11) is 0. The Morgan fingerprint density at radius 3 is 2.27 bits per heavy atom. The van der Waals surface area contributed by atoms with Crippen molar-refractivity contribution in [2.75, 3.05) is 44.2 Å². The fraction of sp³-hybridized carbons (Fsp3) is 0.720. The van der Waals surface area contributed by atoms with Crippen LogP contribution in [0, 0.1) is 17.8 Å². The van der Waals surface area contributed by atoms with Crippen molar-refractivity contribution in [2.45, 2.75) is 58.7 Å². The highest BCUT2D eigenvalue weighted by Crippen LogP contribution is 2.28. The maximum atomic E-state index is 12.6. The van der Waals surface area contributed by atoms with E-state index in [9.17, 15) is 18.0 Å². The molecule has 0 spiro atoms. The summed E-state index contributed by atoms with van der Waals surface area (Å²) in [4.78, 5) is 17.3. The first kappa shape index (κ1) is 25.7. The van der Waals surface area contributed by atoms with Gasteiger partial charge >= 0.3 is 6.36 Å². The van der Waals surface area contributed by atoms with E-state index in [4.69, 9.17) is 0 Å². The molecule has 0 atom stereocenters. The summed E-state index contributed by atoms with van der Waals surface area (Å²) in [6.45, 7) is 10.3. The number of carbonyl (C=O) groups excluding carboxylic acids is 1. The second-order valence-electron chi connectivity index (χ2n) is 9.85. The number of nitrogens with one attached hydrogen (secondary N) is 1. The molecule has 33 heavy (non-hydrogen) atoms. The molecule has 8 heteroatoms. The number of anilines is 1. The molecule has 1 aromatic rings. The van der Waals surface area contributed by atoms with Gasteiger partial charge in [0, 0.05) is 31.2 Å². The van der Waals surface area contributed by atoms with Gasteiger partial charge in [-0.3, -0.25) is 4.79 Å². The summed E-state index contributed by atoms with van der Waals surface area (Å²) in [6.07, 6.45) is 1.57. The largest absolute Gasteiger partial charge is 0.573 e. The van der Waals surface area contributed by atoms with Gasteiger partial charge in [-0.1, -0.05) is 13.8 Å². The molecule has 2 aliphatic heterocycles. The molecule has 2 saturated heterocycles. The van der Waals surface area contributed by atoms with Crippen LogP contribution in [0.15, 0.2) is 24.3 Å². The molecule has 1 N–H and O–H groups in total. The Kier molecular flexibility index (Phi) is 9.29. The van der Waals surface area contributed by atoms with E-state index >= 15 is 0 Å². The zero-order valence-electron chi connectivity index (χ0n) is 19.9. The van der Waals surface area contributed by atoms with E-state index in [0.29, 0.717) is 19.0 Å². The van der Waals surface area contributed by atoms with Crippen LogP contribution in [-0.2, 0) is 4.79 Å². The lowest BCUT2D eigenvalue weighted by molar-refractivity contribution is -0.274. The monoisotopic (exact) mass is 469 g/mol. The van der Waals surface area contributed by atoms with Gasteiger partial charge < -0.3 is 19.9 Å². The standard InChI is InChI=1S/C25H38F3N3O2/c1-19(2)8-14-30-15-9-20(10-16-30)7-13-29-24(32)21-11-17-31(18-12-21)22-3-5-23(6-4-22)33-25(26,27)28/h3-6,19-21H,7-18H2,1-2H3,(H,29,32). The quantitative estimate of drug-likeness (QED) is 0.549. The molecular formula is C25H38F3N3O2. The Hall–Kier alpha value is -1.96. The van der Waals surface area contributed by atoms with E-state index < -0.39 is 6.36 Å². The SMILES string of the molecule is CC(C)CCN1CCC(CCNC(=O)C2CCN(c3ccc(OC(F)(F)F)cc3)CC2)CC1. The summed E-state index contributed by atoms with van der Waals surface area (Å²) in [5, 5.41) is 3.14. The van der Waals surface area contributed by atoms with Crippen molar-refractivity contribution in [2.24, 2.45) is 17.8 Å². The number of piperidine rings is 2. The highest BCUT2D eigenvalue weighted by Gasteiger charge is 2.31. The highest BCUT2D eigenvalue weighted by atomic mass is 19.4. The number of benzene rings is 1. The zero-order valence-corrected chi connectivity index (χ0v) is 19.9. The Labute approximate surface area is 195 Å². The van der Waals surface area contributed by atoms with Crippen molar-refractivity contribution in [3.05, 3.63) is 24.3 Å². The number of hydrogen-bond donors (Lipinski definition) is 1. The minimum atomic E-state index is -4.68. The van der Waals surface area contributed by atoms with Gasteiger partial charge in [-0.05, 0) is 94.3 Å². The van der Waals surface area contributed by atoms with Crippen molar-refractivity contribution in [3.8, 4) is 5.75 Å². The Morgan fingerprint density at radius 1 is 1.06 bits per heavy atom. The van der Waals surface area contributed by atoms with Gasteiger partial charge in [-0.2, -0.15) is 0 Å². The normalized spacial score (nSPS) is 19.2. The minimum absolute atomic E-state index is 0.00645. The number of halogens is 3. The number of likely N-dealkylation sites (tertiary alicyclic amines) is 1. The maximum Gasteiger partial charge on any atom is 0.573 e. The molecule has 186 valence electrons. The number of amides is 1. The number of alkyl halides is 3. The van der Waals surface area contributed by atoms with Crippen LogP contribution in [0.2, 0.25) is 0 Å². The van der Waals surface area contributed by atoms with Crippen LogP contribution in [0.3, 0.4) is 0 Å². The molecule has 2 fully saturated rings. The molecule has 0 aromatic heterocycles. The first-order valence-corrected chi connectivity index (χ1v) is 12.3. The number of hydrogen-bond acceptors (Lipinski definition) is 4. The second kappa shape index (κ2) is 12.0. The number of rotatable bonds is 9. The molecule has 0 unspecified atom stereocenters. The van der Waals surface area contributed by atoms with Crippen LogP contribution < -0.4 is 15.0 Å². The van der Waals surface area contributed by atoms with Gasteiger partial charge in [0.15, 0.2) is 0 Å². The molecule has 0 bridgehead atoms. The summed E-state index contributed by atoms with van der Waals surface area (Å²) in [5.41, 5.74) is 0.850. The third-order valence-electron chi connectivity index (χ3n) is 6.88. The van der Waals surface area contributed by atoms with Gasteiger partial charge in [0.25, 0.3) is 0 Å². The average molecular weight is 470 g/mol. The van der Waals surface area contributed by atoms with Gasteiger partial charge in [-0.15, -0.1) is 13.2 Å². The lowest BCUT2D eigenvalue weighted by atomic mass is 9.92. The summed E-state index contributed by atoms with van der Waals surface area (Å²) < 4.78 is 40.8. The van der Waals surface area contributed by atoms with Crippen molar-refractivity contribution >= 4 is 11.6 Å². The Morgan fingerprint density at radius 2 is 1.70 bits per heavy atom. The average Bonchev–Trinajstić information content (AvgIpc) is 2.78. The Balaban J connectivity index is 1.31. The highest BCUT2D eigenvalue weighted by molar-refractivity contribution is 5.79. The zero-order chi connectivity index (χ0) is 23.8. The lowest BCUT2D eigenvalue weighted by Gasteiger charge is -2.34. The smallest absolute Gasteiger partial charge is 0.406 e. The van der Waals surface area contributed by atoms with Crippen LogP contribution in [0.25, 0.3) is 0 Å². The lowest BCUT2D eigenvalue weighted by Crippen LogP contribution is -2.41. The molecule has 1 aromatic carbocycles. The molecule has 1 amide bonds. The predicted octanol–water partition coefficient (Wildman–Crippen LogP) is 5.07. The first-order chi connectivity index (χ1) is 15.7. The van der Waals surface area contributed by atoms with Crippen LogP contribution in [0.1, 0.15) is 52.4 Å². The van der Waals surface area contributed by atoms with Crippen molar-refractivity contribution in [1.82, 2.24) is 10.2 Å². The van der Waals surface area contributed by atoms with Gasteiger partial charge in [0.05, 0.1) is 0 Å². The van der Waals surface area contributed by atoms with Crippen LogP contribution >= 0.6 is 0 Å². The topological polar surface area (TPSA) is 44.8 Å². The summed E-state index contributed by atoms with van der Waals surface area (Å²) in [6, 6.07) is 5.93. The molecule has 3 rings (SSSR count). The van der Waals surface area contributed by atoms with Gasteiger partial charge in [0.1, 0.15) is 5.75 Å². The van der Waals surface area contributed by atoms with E-state index in [2.05, 4.69) is 33.7 Å².